The molecule has 10 heteroatoms. The van der Waals surface area contributed by atoms with E-state index in [9.17, 15) is 18.2 Å². The fraction of sp³-hybridized carbons (Fsp3) is 0.400. The van der Waals surface area contributed by atoms with E-state index in [2.05, 4.69) is 40.2 Å². The summed E-state index contributed by atoms with van der Waals surface area (Å²) >= 11 is 0. The number of fused-ring (bicyclic) bond motifs is 2. The number of aromatic nitrogens is 1. The molecule has 2 aliphatic rings. The van der Waals surface area contributed by atoms with Gasteiger partial charge in [0.2, 0.25) is 0 Å². The smallest absolute Gasteiger partial charge is 0.131 e. The second-order valence-corrected chi connectivity index (χ2v) is 14.0. The van der Waals surface area contributed by atoms with Gasteiger partial charge in [-0.15, -0.1) is 0 Å². The van der Waals surface area contributed by atoms with E-state index >= 15 is 0 Å². The molecule has 1 saturated heterocycles. The van der Waals surface area contributed by atoms with E-state index in [0.29, 0.717) is 42.6 Å². The highest BCUT2D eigenvalue weighted by Gasteiger charge is 2.27. The molecule has 0 amide bonds. The molecule has 3 heterocycles. The summed E-state index contributed by atoms with van der Waals surface area (Å²) in [6.45, 7) is 6.08. The first kappa shape index (κ1) is 24.6. The quantitative estimate of drug-likeness (QED) is 0.315. The topological polar surface area (TPSA) is 112 Å². The lowest BCUT2D eigenvalue weighted by Crippen LogP contribution is -2.40. The minimum absolute atomic E-state index is 0.272. The zero-order valence-corrected chi connectivity index (χ0v) is 21.6. The SMILES string of the molecule is Cc1ccc2nc(N3CCS(O)(O)c4ccccc4C3)cc(NCCN3CCS(O)(O)CC3)c2c1. The third-order valence-electron chi connectivity index (χ3n) is 6.82. The fourth-order valence-electron chi connectivity index (χ4n) is 4.75. The lowest BCUT2D eigenvalue weighted by atomic mass is 10.1. The predicted octanol–water partition coefficient (Wildman–Crippen LogP) is 5.15. The van der Waals surface area contributed by atoms with Crippen LogP contribution in [-0.4, -0.2) is 78.1 Å². The Labute approximate surface area is 209 Å². The Morgan fingerprint density at radius 1 is 0.943 bits per heavy atom. The van der Waals surface area contributed by atoms with E-state index in [-0.39, 0.29) is 5.75 Å². The van der Waals surface area contributed by atoms with Crippen molar-refractivity contribution in [2.24, 2.45) is 0 Å². The van der Waals surface area contributed by atoms with Crippen LogP contribution < -0.4 is 10.2 Å². The number of anilines is 2. The third-order valence-corrected chi connectivity index (χ3v) is 10.3. The highest BCUT2D eigenvalue weighted by molar-refractivity contribution is 8.24. The van der Waals surface area contributed by atoms with E-state index in [0.717, 1.165) is 46.6 Å². The second kappa shape index (κ2) is 9.78. The van der Waals surface area contributed by atoms with Crippen molar-refractivity contribution in [3.8, 4) is 0 Å². The van der Waals surface area contributed by atoms with Gasteiger partial charge in [-0.2, -0.15) is 21.2 Å². The predicted molar refractivity (Wildman–Crippen MR) is 147 cm³/mol. The normalized spacial score (nSPS) is 21.7. The van der Waals surface area contributed by atoms with E-state index in [4.69, 9.17) is 4.98 Å². The number of rotatable bonds is 5. The average Bonchev–Trinajstić information content (AvgIpc) is 2.96. The number of pyridine rings is 1. The summed E-state index contributed by atoms with van der Waals surface area (Å²) in [7, 11) is -5.22. The van der Waals surface area contributed by atoms with Crippen LogP contribution in [0, 0.1) is 6.92 Å². The number of benzene rings is 2. The fourth-order valence-corrected chi connectivity index (χ4v) is 7.60. The number of aryl methyl sites for hydroxylation is 1. The number of hydrogen-bond donors (Lipinski definition) is 5. The molecule has 0 bridgehead atoms. The molecule has 2 aliphatic heterocycles. The van der Waals surface area contributed by atoms with Crippen molar-refractivity contribution in [1.82, 2.24) is 9.88 Å². The maximum atomic E-state index is 10.7. The van der Waals surface area contributed by atoms with Crippen LogP contribution in [-0.2, 0) is 6.54 Å². The summed E-state index contributed by atoms with van der Waals surface area (Å²) in [4.78, 5) is 9.97. The lowest BCUT2D eigenvalue weighted by molar-refractivity contribution is 0.296. The molecular weight excluding hydrogens is 484 g/mol. The van der Waals surface area contributed by atoms with Crippen LogP contribution in [0.2, 0.25) is 0 Å². The molecule has 8 nitrogen and oxygen atoms in total. The van der Waals surface area contributed by atoms with Crippen LogP contribution in [0.25, 0.3) is 10.9 Å². The van der Waals surface area contributed by atoms with Crippen LogP contribution in [0.4, 0.5) is 11.5 Å². The molecule has 0 atom stereocenters. The Balaban J connectivity index is 1.39. The largest absolute Gasteiger partial charge is 0.383 e. The van der Waals surface area contributed by atoms with E-state index in [1.54, 1.807) is 0 Å². The average molecular weight is 519 g/mol. The van der Waals surface area contributed by atoms with Gasteiger partial charge < -0.3 is 10.2 Å². The van der Waals surface area contributed by atoms with Gasteiger partial charge in [-0.25, -0.2) is 4.98 Å². The van der Waals surface area contributed by atoms with E-state index in [1.807, 2.05) is 30.3 Å². The molecule has 0 spiro atoms. The van der Waals surface area contributed by atoms with Crippen LogP contribution in [0.3, 0.4) is 0 Å². The van der Waals surface area contributed by atoms with Crippen LogP contribution in [0.5, 0.6) is 0 Å². The zero-order chi connectivity index (χ0) is 24.6. The maximum Gasteiger partial charge on any atom is 0.131 e. The van der Waals surface area contributed by atoms with E-state index in [1.165, 1.54) is 0 Å². The molecular formula is C25H34N4O4S2. The molecule has 1 fully saturated rings. The van der Waals surface area contributed by atoms with Crippen molar-refractivity contribution in [3.05, 3.63) is 59.7 Å². The van der Waals surface area contributed by atoms with Crippen molar-refractivity contribution in [2.45, 2.75) is 18.4 Å². The first-order chi connectivity index (χ1) is 16.7. The van der Waals surface area contributed by atoms with E-state index < -0.39 is 21.2 Å². The Bertz CT molecular complexity index is 1210. The summed E-state index contributed by atoms with van der Waals surface area (Å²) in [5.74, 6) is 1.98. The molecule has 0 radical (unpaired) electrons. The highest BCUT2D eigenvalue weighted by Crippen LogP contribution is 2.51. The van der Waals surface area contributed by atoms with Crippen molar-refractivity contribution in [2.75, 3.05) is 60.2 Å². The molecule has 5 N–H and O–H groups in total. The molecule has 2 aromatic carbocycles. The molecule has 190 valence electrons. The van der Waals surface area contributed by atoms with Crippen LogP contribution in [0.15, 0.2) is 53.4 Å². The van der Waals surface area contributed by atoms with Crippen molar-refractivity contribution in [1.29, 1.82) is 0 Å². The third kappa shape index (κ3) is 5.54. The zero-order valence-electron chi connectivity index (χ0n) is 19.9. The van der Waals surface area contributed by atoms with Gasteiger partial charge in [-0.05, 0) is 30.7 Å². The minimum atomic E-state index is -2.84. The van der Waals surface area contributed by atoms with Crippen LogP contribution in [0.1, 0.15) is 11.1 Å². The molecule has 1 aromatic heterocycles. The van der Waals surface area contributed by atoms with Gasteiger partial charge in [-0.3, -0.25) is 23.1 Å². The van der Waals surface area contributed by atoms with Gasteiger partial charge >= 0.3 is 0 Å². The van der Waals surface area contributed by atoms with Gasteiger partial charge in [-0.1, -0.05) is 29.8 Å². The first-order valence-corrected chi connectivity index (χ1v) is 15.5. The molecule has 5 rings (SSSR count). The molecule has 3 aromatic rings. The second-order valence-electron chi connectivity index (χ2n) is 9.43. The van der Waals surface area contributed by atoms with Crippen molar-refractivity contribution >= 4 is 43.6 Å². The molecule has 0 aliphatic carbocycles. The van der Waals surface area contributed by atoms with Crippen molar-refractivity contribution in [3.63, 3.8) is 0 Å². The Kier molecular flexibility index (Phi) is 6.88. The van der Waals surface area contributed by atoms with Gasteiger partial charge in [0.1, 0.15) is 5.82 Å². The standard InChI is InChI=1S/C25H34N4O4S2/c1-19-6-7-22-21(16-19)23(26-8-9-28-10-13-34(30,31)14-11-28)17-25(27-22)29-12-15-35(32,33)24-5-3-2-4-20(24)18-29/h2-7,16-17,30-33H,8-15,18H2,1H3,(H,26,27). The summed E-state index contributed by atoms with van der Waals surface area (Å²) in [6, 6.07) is 15.9. The Morgan fingerprint density at radius 3 is 2.51 bits per heavy atom. The lowest BCUT2D eigenvalue weighted by Gasteiger charge is -2.41. The summed E-state index contributed by atoms with van der Waals surface area (Å²) in [5.41, 5.74) is 3.97. The summed E-state index contributed by atoms with van der Waals surface area (Å²) in [5, 5.41) is 4.65. The Hall–Kier alpha value is -2.05. The van der Waals surface area contributed by atoms with Gasteiger partial charge in [0, 0.05) is 56.4 Å². The van der Waals surface area contributed by atoms with Gasteiger partial charge in [0.05, 0.1) is 27.7 Å². The number of nitrogens with zero attached hydrogens (tertiary/aromatic N) is 3. The molecule has 0 unspecified atom stereocenters. The first-order valence-electron chi connectivity index (χ1n) is 11.9. The number of nitrogens with one attached hydrogen (secondary N) is 1. The summed E-state index contributed by atoms with van der Waals surface area (Å²) < 4.78 is 41.2. The van der Waals surface area contributed by atoms with Gasteiger partial charge in [0.15, 0.2) is 0 Å². The Morgan fingerprint density at radius 2 is 1.71 bits per heavy atom. The monoisotopic (exact) mass is 518 g/mol. The van der Waals surface area contributed by atoms with Gasteiger partial charge in [0.25, 0.3) is 0 Å². The summed E-state index contributed by atoms with van der Waals surface area (Å²) in [6.07, 6.45) is 0. The molecule has 0 saturated carbocycles. The number of hydrogen-bond acceptors (Lipinski definition) is 8. The maximum absolute atomic E-state index is 10.7. The molecule has 35 heavy (non-hydrogen) atoms. The van der Waals surface area contributed by atoms with Crippen molar-refractivity contribution < 1.29 is 18.2 Å². The van der Waals surface area contributed by atoms with Crippen LogP contribution >= 0.6 is 21.2 Å². The minimum Gasteiger partial charge on any atom is -0.383 e. The highest BCUT2D eigenvalue weighted by atomic mass is 32.3.